The van der Waals surface area contributed by atoms with Gasteiger partial charge in [0.1, 0.15) is 24.5 Å². The Labute approximate surface area is 225 Å². The van der Waals surface area contributed by atoms with Crippen LogP contribution < -0.4 is 10.5 Å². The molecule has 1 aromatic rings. The number of phosphoric acid groups is 1. The van der Waals surface area contributed by atoms with Gasteiger partial charge in [-0.25, -0.2) is 4.57 Å². The second kappa shape index (κ2) is 20.0. The number of phosphoric ester groups is 1. The quantitative estimate of drug-likeness (QED) is 0.0864. The predicted octanol–water partition coefficient (Wildman–Crippen LogP) is 3.98. The molecule has 11 nitrogen and oxygen atoms in total. The Morgan fingerprint density at radius 1 is 0.974 bits per heavy atom. The van der Waals surface area contributed by atoms with Crippen molar-refractivity contribution in [2.24, 2.45) is 5.73 Å². The van der Waals surface area contributed by atoms with E-state index in [4.69, 9.17) is 20.3 Å². The van der Waals surface area contributed by atoms with Crippen LogP contribution in [0.15, 0.2) is 24.3 Å². The van der Waals surface area contributed by atoms with Crippen LogP contribution in [0.2, 0.25) is 0 Å². The Morgan fingerprint density at radius 2 is 1.61 bits per heavy atom. The Bertz CT molecular complexity index is 853. The molecule has 218 valence electrons. The lowest BCUT2D eigenvalue weighted by molar-refractivity contribution is -0.147. The summed E-state index contributed by atoms with van der Waals surface area (Å²) in [4.78, 5) is 32.1. The van der Waals surface area contributed by atoms with Crippen molar-refractivity contribution in [3.63, 3.8) is 0 Å². The summed E-state index contributed by atoms with van der Waals surface area (Å²) in [6.07, 6.45) is 10.4. The number of aryl methyl sites for hydroxylation is 1. The molecule has 0 aromatic heterocycles. The van der Waals surface area contributed by atoms with E-state index in [9.17, 15) is 24.2 Å². The van der Waals surface area contributed by atoms with Crippen molar-refractivity contribution in [3.05, 3.63) is 29.8 Å². The van der Waals surface area contributed by atoms with E-state index >= 15 is 0 Å². The predicted molar refractivity (Wildman–Crippen MR) is 142 cm³/mol. The van der Waals surface area contributed by atoms with Gasteiger partial charge < -0.3 is 30.3 Å². The third kappa shape index (κ3) is 17.5. The summed E-state index contributed by atoms with van der Waals surface area (Å²) in [7, 11) is -4.62. The van der Waals surface area contributed by atoms with E-state index in [1.54, 1.807) is 0 Å². The molecule has 3 atom stereocenters. The number of esters is 1. The van der Waals surface area contributed by atoms with Crippen LogP contribution in [0.5, 0.6) is 5.75 Å². The van der Waals surface area contributed by atoms with Gasteiger partial charge >= 0.3 is 19.8 Å². The summed E-state index contributed by atoms with van der Waals surface area (Å²) in [5.41, 5.74) is 6.08. The molecule has 38 heavy (non-hydrogen) atoms. The lowest BCUT2D eigenvalue weighted by Gasteiger charge is -2.16. The number of hydrogen-bond acceptors (Lipinski definition) is 9. The van der Waals surface area contributed by atoms with E-state index in [0.29, 0.717) is 13.0 Å². The fourth-order valence-electron chi connectivity index (χ4n) is 3.41. The van der Waals surface area contributed by atoms with Gasteiger partial charge in [0.05, 0.1) is 19.8 Å². The number of carbonyl (C=O) groups is 2. The summed E-state index contributed by atoms with van der Waals surface area (Å²) in [5, 5.41) is 18.4. The molecule has 0 saturated carbocycles. The van der Waals surface area contributed by atoms with Gasteiger partial charge in [-0.15, -0.1) is 0 Å². The standard InChI is InChI=1S/C26H44NO10P/c1-2-3-4-5-6-7-8-9-10-16-34-23-13-11-12-21(17-23)14-15-25(29)35-18-22(28)19-36-38(32,33)37-20-24(27)26(30)31/h11-13,17,22,24,28H,2-10,14-16,18-20,27H2,1H3,(H,30,31)(H,32,33)/t22-,24+/m1/s1. The van der Waals surface area contributed by atoms with Crippen LogP contribution in [0.1, 0.15) is 76.7 Å². The van der Waals surface area contributed by atoms with Gasteiger partial charge in [0.25, 0.3) is 0 Å². The number of carboxylic acid groups (broad SMARTS) is 1. The van der Waals surface area contributed by atoms with Crippen molar-refractivity contribution in [1.82, 2.24) is 0 Å². The maximum Gasteiger partial charge on any atom is 0.472 e. The Hall–Kier alpha value is -2.01. The van der Waals surface area contributed by atoms with Gasteiger partial charge in [-0.1, -0.05) is 70.4 Å². The normalized spacial score (nSPS) is 14.4. The van der Waals surface area contributed by atoms with Crippen molar-refractivity contribution in [3.8, 4) is 5.75 Å². The highest BCUT2D eigenvalue weighted by atomic mass is 31.2. The van der Waals surface area contributed by atoms with Crippen LogP contribution in [0, 0.1) is 0 Å². The first-order valence-corrected chi connectivity index (χ1v) is 14.8. The number of carboxylic acids is 1. The summed E-state index contributed by atoms with van der Waals surface area (Å²) in [5.74, 6) is -1.21. The molecule has 1 rings (SSSR count). The van der Waals surface area contributed by atoms with Gasteiger partial charge in [-0.2, -0.15) is 0 Å². The number of aliphatic hydroxyl groups is 1. The molecule has 0 fully saturated rings. The number of aliphatic hydroxyl groups excluding tert-OH is 1. The molecule has 0 aliphatic rings. The fourth-order valence-corrected chi connectivity index (χ4v) is 4.20. The van der Waals surface area contributed by atoms with E-state index < -0.39 is 51.7 Å². The third-order valence-electron chi connectivity index (χ3n) is 5.63. The number of rotatable bonds is 23. The molecule has 0 bridgehead atoms. The fraction of sp³-hybridized carbons (Fsp3) is 0.692. The van der Waals surface area contributed by atoms with E-state index in [2.05, 4.69) is 16.0 Å². The highest BCUT2D eigenvalue weighted by Gasteiger charge is 2.26. The lowest BCUT2D eigenvalue weighted by atomic mass is 10.1. The second-order valence-electron chi connectivity index (χ2n) is 9.17. The number of ether oxygens (including phenoxy) is 2. The van der Waals surface area contributed by atoms with Crippen molar-refractivity contribution in [2.75, 3.05) is 26.4 Å². The molecule has 5 N–H and O–H groups in total. The topological polar surface area (TPSA) is 175 Å². The molecule has 0 heterocycles. The third-order valence-corrected chi connectivity index (χ3v) is 6.58. The average Bonchev–Trinajstić information content (AvgIpc) is 2.89. The van der Waals surface area contributed by atoms with Crippen molar-refractivity contribution in [1.29, 1.82) is 0 Å². The number of hydrogen-bond donors (Lipinski definition) is 4. The summed E-state index contributed by atoms with van der Waals surface area (Å²) in [6, 6.07) is 6.02. The van der Waals surface area contributed by atoms with Gasteiger partial charge in [-0.05, 0) is 30.5 Å². The lowest BCUT2D eigenvalue weighted by Crippen LogP contribution is -2.34. The van der Waals surface area contributed by atoms with Gasteiger partial charge in [-0.3, -0.25) is 18.6 Å². The van der Waals surface area contributed by atoms with Crippen LogP contribution in [0.4, 0.5) is 0 Å². The molecular formula is C26H44NO10P. The number of nitrogens with two attached hydrogens (primary N) is 1. The molecule has 12 heteroatoms. The SMILES string of the molecule is CCCCCCCCCCCOc1cccc(CCC(=O)OC[C@@H](O)COP(=O)(O)OC[C@H](N)C(=O)O)c1. The van der Waals surface area contributed by atoms with Crippen LogP contribution in [-0.2, 0) is 34.4 Å². The highest BCUT2D eigenvalue weighted by Crippen LogP contribution is 2.43. The first kappa shape index (κ1) is 34.0. The molecule has 0 saturated heterocycles. The van der Waals surface area contributed by atoms with Crippen molar-refractivity contribution in [2.45, 2.75) is 89.7 Å². The minimum Gasteiger partial charge on any atom is -0.494 e. The summed E-state index contributed by atoms with van der Waals surface area (Å²) < 4.78 is 31.5. The molecule has 0 amide bonds. The van der Waals surface area contributed by atoms with E-state index in [-0.39, 0.29) is 6.42 Å². The van der Waals surface area contributed by atoms with E-state index in [0.717, 1.165) is 24.2 Å². The monoisotopic (exact) mass is 561 g/mol. The maximum atomic E-state index is 12.0. The second-order valence-corrected chi connectivity index (χ2v) is 10.6. The molecular weight excluding hydrogens is 517 g/mol. The smallest absolute Gasteiger partial charge is 0.472 e. The largest absolute Gasteiger partial charge is 0.494 e. The first-order chi connectivity index (χ1) is 18.1. The zero-order chi connectivity index (χ0) is 28.2. The minimum absolute atomic E-state index is 0.0734. The Kier molecular flexibility index (Phi) is 17.9. The van der Waals surface area contributed by atoms with E-state index in [1.165, 1.54) is 44.9 Å². The van der Waals surface area contributed by atoms with Crippen molar-refractivity contribution < 1.29 is 47.8 Å². The Morgan fingerprint density at radius 3 is 2.26 bits per heavy atom. The maximum absolute atomic E-state index is 12.0. The summed E-state index contributed by atoms with van der Waals surface area (Å²) in [6.45, 7) is 1.01. The Balaban J connectivity index is 2.19. The average molecular weight is 562 g/mol. The van der Waals surface area contributed by atoms with Gasteiger partial charge in [0.2, 0.25) is 0 Å². The minimum atomic E-state index is -4.62. The highest BCUT2D eigenvalue weighted by molar-refractivity contribution is 7.47. The van der Waals surface area contributed by atoms with Crippen molar-refractivity contribution >= 4 is 19.8 Å². The first-order valence-electron chi connectivity index (χ1n) is 13.3. The van der Waals surface area contributed by atoms with Crippen LogP contribution in [0.25, 0.3) is 0 Å². The number of carbonyl (C=O) groups excluding carboxylic acids is 1. The zero-order valence-electron chi connectivity index (χ0n) is 22.3. The zero-order valence-corrected chi connectivity index (χ0v) is 23.2. The van der Waals surface area contributed by atoms with Crippen LogP contribution in [-0.4, -0.2) is 65.6 Å². The number of unbranched alkanes of at least 4 members (excludes halogenated alkanes) is 8. The van der Waals surface area contributed by atoms with Gasteiger partial charge in [0, 0.05) is 6.42 Å². The number of benzene rings is 1. The molecule has 1 unspecified atom stereocenters. The molecule has 0 aliphatic carbocycles. The number of aliphatic carboxylic acids is 1. The molecule has 0 aliphatic heterocycles. The van der Waals surface area contributed by atoms with Crippen LogP contribution in [0.3, 0.4) is 0 Å². The van der Waals surface area contributed by atoms with Gasteiger partial charge in [0.15, 0.2) is 0 Å². The molecule has 1 aromatic carbocycles. The summed E-state index contributed by atoms with van der Waals surface area (Å²) >= 11 is 0. The molecule has 0 spiro atoms. The van der Waals surface area contributed by atoms with Crippen LogP contribution >= 0.6 is 7.82 Å². The molecule has 0 radical (unpaired) electrons. The van der Waals surface area contributed by atoms with E-state index in [1.807, 2.05) is 24.3 Å².